The number of nitrogens with one attached hydrogen (secondary N) is 3. The molecule has 2 aliphatic carbocycles. The van der Waals surface area contributed by atoms with Gasteiger partial charge < -0.3 is 79.6 Å². The van der Waals surface area contributed by atoms with E-state index in [4.69, 9.17) is 34.2 Å². The number of fused-ring (bicyclic) bond motifs is 4. The number of aliphatic carboxylic acids is 1. The van der Waals surface area contributed by atoms with Crippen LogP contribution in [0, 0.1) is 35.5 Å². The molecule has 0 unspecified atom stereocenters. The van der Waals surface area contributed by atoms with Crippen LogP contribution >= 0.6 is 78.9 Å². The molecule has 8 saturated heterocycles. The standard InChI is InChI=1S/C29H40N2O6S.C25H32N2O6S.C22H28N2O6S.C20H24N2O4S.C7H13Br.C3H5Br.Na/c1-28(2,3)37-27(35)30-22(19-14-10-7-11-15-19)21(32)16-20-24(33)31-23(29(4,5)38-25(20)31)26(34)36-17-18-12-8-6-9-13-18;1-7-13-32-22(30)19-25(5,6)34-21-16(20(29)27(19)21)14-17(28)18(15-11-9-8-10-12-15)26-23(31)33-24(2,3)4;1-21(2,3)30-20(29)23-15(12-9-7-6-8-10-12)14(25)11-13-17(26)24-16(19(27)28)22(4,5)31-18(13)24;1-4-10-26-19(25)16-20(2,3)27-18-13(17(24)22(16)18)11-14(23)15(21)12-8-6-5-7-9-12;8-6-7-4-2-1-3-5-7;1-2-3-4;/h7,10-11,14-15,18,20,22-23,25H,6,8-9,12-13,16-17H2,1-5H3,(H,30,35);7-12,16,18-19,21H,1,13-14H2,2-6H3,(H,26,31);6-10,13,15-16,18H,11H2,1-5H3,(H,23,29)(H,27,28);4-9,13,15-16,18H,1,10-11,21H2,2-3H3;7H,1-6H2;2H,1,3H2;/q;;;;;;+1/p-1/t20-,22-,23+,25-;16-,18-,19+,21-;2*13-,15-,16+,18-;;;/m1111.../s1. The van der Waals surface area contributed by atoms with E-state index in [2.05, 4.69) is 67.5 Å². The molecule has 0 spiro atoms. The van der Waals surface area contributed by atoms with E-state index in [1.807, 2.05) is 71.9 Å². The Labute approximate surface area is 897 Å². The minimum atomic E-state index is -1.30. The van der Waals surface area contributed by atoms with E-state index < -0.39 is 149 Å². The van der Waals surface area contributed by atoms with Crippen LogP contribution in [0.5, 0.6) is 0 Å². The van der Waals surface area contributed by atoms with Gasteiger partial charge in [0.05, 0.1) is 69.8 Å². The van der Waals surface area contributed by atoms with Gasteiger partial charge in [-0.2, -0.15) is 0 Å². The zero-order valence-corrected chi connectivity index (χ0v) is 93.9. The van der Waals surface area contributed by atoms with E-state index in [-0.39, 0.29) is 137 Å². The van der Waals surface area contributed by atoms with Gasteiger partial charge in [-0.1, -0.05) is 223 Å². The Morgan fingerprint density at radius 1 is 0.406 bits per heavy atom. The molecule has 4 aromatic carbocycles. The molecule has 2 saturated carbocycles. The molecule has 30 nitrogen and oxygen atoms in total. The first-order valence-corrected chi connectivity index (χ1v) is 54.1. The van der Waals surface area contributed by atoms with Gasteiger partial charge in [0.1, 0.15) is 66.3 Å². The number of allylic oxidation sites excluding steroid dienone is 1. The Kier molecular flexibility index (Phi) is 44.0. The second-order valence-corrected chi connectivity index (χ2v) is 50.3. The van der Waals surface area contributed by atoms with E-state index in [0.717, 1.165) is 29.7 Å². The number of carboxylic acids is 1. The van der Waals surface area contributed by atoms with Crippen LogP contribution in [-0.4, -0.2) is 220 Å². The van der Waals surface area contributed by atoms with Gasteiger partial charge in [0.25, 0.3) is 0 Å². The Morgan fingerprint density at radius 3 is 0.909 bits per heavy atom. The van der Waals surface area contributed by atoms with Crippen molar-refractivity contribution in [2.24, 2.45) is 41.2 Å². The SMILES string of the molecule is BrCC1CCCCC1.C=CCBr.C=CCOC(=O)[C@@H]1N2C(=O)[C@@H](CC(=O)[C@H](N)c3ccccc3)[C@H]2SC1(C)C.C=CCOC(=O)[C@@H]1N2C(=O)[C@@H](CC(=O)[C@H](NC(=O)OC(C)(C)C)c3ccccc3)[C@H]2SC1(C)C.CC(C)(C)OC(=O)N[C@@H](C(=O)C[C@@H]1C(=O)N2[C@@H]1SC(C)(C)[C@@H]2C(=O)OCC1CCCCC1)c1ccccc1.CC(C)(C)OC(=O)N[C@@H](C(=O)C[C@@H]1C(=O)N2[C@@H]1SC(C)(C)[C@@H]2C(=O)[O-])c1ccccc1.[Na+]. The maximum atomic E-state index is 13.5. The van der Waals surface area contributed by atoms with Crippen LogP contribution in [0.2, 0.25) is 0 Å². The number of carbonyl (C=O) groups excluding carboxylic acids is 15. The van der Waals surface area contributed by atoms with Crippen molar-refractivity contribution >= 4 is 168 Å². The maximum absolute atomic E-state index is 13.5. The van der Waals surface area contributed by atoms with E-state index in [9.17, 15) is 77.0 Å². The number of esters is 3. The number of benzene rings is 4. The predicted molar refractivity (Wildman–Crippen MR) is 555 cm³/mol. The number of ketones is 4. The largest absolute Gasteiger partial charge is 1.00 e. The number of Topliss-reactive ketones (excluding diaryl/α,β-unsaturated/α-hetero) is 4. The van der Waals surface area contributed by atoms with Crippen molar-refractivity contribution in [2.45, 2.75) is 313 Å². The molecule has 0 radical (unpaired) electrons. The minimum Gasteiger partial charge on any atom is -0.548 e. The molecule has 5 N–H and O–H groups in total. The molecule has 14 rings (SSSR count). The Bertz CT molecular complexity index is 5150. The van der Waals surface area contributed by atoms with Gasteiger partial charge >= 0.3 is 65.7 Å². The van der Waals surface area contributed by atoms with Crippen LogP contribution in [0.1, 0.15) is 254 Å². The van der Waals surface area contributed by atoms with Crippen molar-refractivity contribution in [3.63, 3.8) is 0 Å². The van der Waals surface area contributed by atoms with E-state index in [1.54, 1.807) is 183 Å². The third-order valence-corrected chi connectivity index (χ3v) is 33.4. The summed E-state index contributed by atoms with van der Waals surface area (Å²) in [6.07, 6.45) is 15.6. The molecule has 16 atom stereocenters. The van der Waals surface area contributed by atoms with Gasteiger partial charge in [0.2, 0.25) is 23.6 Å². The summed E-state index contributed by atoms with van der Waals surface area (Å²) in [5, 5.41) is 20.4. The van der Waals surface area contributed by atoms with Crippen LogP contribution in [0.25, 0.3) is 0 Å². The molecule has 0 aromatic heterocycles. The van der Waals surface area contributed by atoms with E-state index in [0.29, 0.717) is 29.2 Å². The topological polar surface area (TPSA) is 410 Å². The first-order valence-electron chi connectivity index (χ1n) is 48.4. The van der Waals surface area contributed by atoms with Crippen molar-refractivity contribution in [1.82, 2.24) is 35.6 Å². The number of rotatable bonds is 31. The third-order valence-electron chi connectivity index (χ3n) is 25.6. The van der Waals surface area contributed by atoms with Crippen LogP contribution in [0.3, 0.4) is 0 Å². The van der Waals surface area contributed by atoms with Gasteiger partial charge in [0.15, 0.2) is 23.1 Å². The number of alkyl carbamates (subject to hydrolysis) is 3. The molecular weight excluding hydrogens is 2050 g/mol. The summed E-state index contributed by atoms with van der Waals surface area (Å²) < 4.78 is 29.8. The van der Waals surface area contributed by atoms with Crippen molar-refractivity contribution in [3.8, 4) is 0 Å². The molecule has 8 aliphatic heterocycles. The summed E-state index contributed by atoms with van der Waals surface area (Å²) in [6.45, 7) is 41.7. The molecule has 7 amide bonds. The molecule has 4 aromatic rings. The number of thioether (sulfide) groups is 4. The van der Waals surface area contributed by atoms with Crippen molar-refractivity contribution in [1.29, 1.82) is 0 Å². The van der Waals surface area contributed by atoms with Gasteiger partial charge in [-0.15, -0.1) is 53.6 Å². The smallest absolute Gasteiger partial charge is 0.548 e. The zero-order valence-electron chi connectivity index (χ0n) is 85.5. The Balaban J connectivity index is 0.000000224. The summed E-state index contributed by atoms with van der Waals surface area (Å²) >= 11 is 12.6. The number of β-lactam (4-membered cyclic amide) rings is 4. The molecule has 10 aliphatic rings. The average Bonchev–Trinajstić information content (AvgIpc) is 1.58. The molecule has 37 heteroatoms. The molecular formula is C106H141Br2N8NaO22S4. The van der Waals surface area contributed by atoms with Crippen molar-refractivity contribution in [2.75, 3.05) is 30.5 Å². The number of amides is 7. The number of carboxylic acid groups (broad SMARTS) is 1. The number of ether oxygens (including phenoxy) is 6. The fourth-order valence-electron chi connectivity index (χ4n) is 18.9. The van der Waals surface area contributed by atoms with Crippen molar-refractivity contribution < 1.29 is 135 Å². The zero-order chi connectivity index (χ0) is 105. The summed E-state index contributed by atoms with van der Waals surface area (Å²) in [5.74, 6) is -5.55. The monoisotopic (exact) mass is 2190 g/mol. The third kappa shape index (κ3) is 31.6. The summed E-state index contributed by atoms with van der Waals surface area (Å²) in [4.78, 5) is 197. The van der Waals surface area contributed by atoms with Gasteiger partial charge in [-0.25, -0.2) is 28.8 Å². The fraction of sp³-hybridized carbons (Fsp3) is 0.575. The quantitative estimate of drug-likeness (QED) is 0.00908. The van der Waals surface area contributed by atoms with E-state index in [1.165, 1.54) is 126 Å². The van der Waals surface area contributed by atoms with Crippen LogP contribution in [-0.2, 0) is 86.0 Å². The molecule has 0 bridgehead atoms. The normalized spacial score (nSPS) is 24.5. The number of hydrogen-bond donors (Lipinski definition) is 4. The number of carbonyl (C=O) groups is 15. The number of nitrogens with zero attached hydrogens (tertiary/aromatic N) is 4. The van der Waals surface area contributed by atoms with Gasteiger partial charge in [0, 0.05) is 55.3 Å². The van der Waals surface area contributed by atoms with Gasteiger partial charge in [-0.3, -0.25) is 38.4 Å². The maximum Gasteiger partial charge on any atom is 1.00 e. The van der Waals surface area contributed by atoms with Crippen LogP contribution in [0.4, 0.5) is 14.4 Å². The molecule has 8 heterocycles. The molecule has 776 valence electrons. The summed E-state index contributed by atoms with van der Waals surface area (Å²) in [6, 6.07) is 28.9. The second-order valence-electron chi connectivity index (χ2n) is 41.9. The second kappa shape index (κ2) is 52.5. The molecule has 10 fully saturated rings. The first-order chi connectivity index (χ1) is 66.7. The number of nitrogens with two attached hydrogens (primary N) is 1. The Morgan fingerprint density at radius 2 is 0.657 bits per heavy atom. The fourth-order valence-corrected chi connectivity index (χ4v) is 26.3. The van der Waals surface area contributed by atoms with Gasteiger partial charge in [-0.05, 0) is 177 Å². The summed E-state index contributed by atoms with van der Waals surface area (Å²) in [5.41, 5.74) is 6.43. The first kappa shape index (κ1) is 120. The van der Waals surface area contributed by atoms with Crippen LogP contribution < -0.4 is 56.3 Å². The minimum absolute atomic E-state index is 0. The van der Waals surface area contributed by atoms with Crippen molar-refractivity contribution in [3.05, 3.63) is 182 Å². The number of halogens is 2. The molecule has 143 heavy (non-hydrogen) atoms. The Hall–Kier alpha value is -8.33. The average molecular weight is 2190 g/mol. The van der Waals surface area contributed by atoms with Crippen LogP contribution in [0.15, 0.2) is 159 Å². The number of hydrogen-bond acceptors (Lipinski definition) is 27. The predicted octanol–water partition coefficient (Wildman–Crippen LogP) is 13.9. The summed E-state index contributed by atoms with van der Waals surface area (Å²) in [7, 11) is 0. The van der Waals surface area contributed by atoms with E-state index >= 15 is 0 Å². The number of alkyl halides is 2.